The lowest BCUT2D eigenvalue weighted by atomic mass is 10.1. The zero-order chi connectivity index (χ0) is 23.6. The molecule has 1 atom stereocenters. The van der Waals surface area contributed by atoms with Gasteiger partial charge in [-0.25, -0.2) is 4.79 Å². The van der Waals surface area contributed by atoms with E-state index < -0.39 is 17.7 Å². The summed E-state index contributed by atoms with van der Waals surface area (Å²) in [5, 5.41) is 6.06. The average molecular weight is 479 g/mol. The molecule has 0 heterocycles. The van der Waals surface area contributed by atoms with Gasteiger partial charge in [-0.3, -0.25) is 4.79 Å². The van der Waals surface area contributed by atoms with Crippen molar-refractivity contribution in [3.8, 4) is 5.75 Å². The van der Waals surface area contributed by atoms with Crippen LogP contribution in [0.25, 0.3) is 0 Å². The zero-order valence-corrected chi connectivity index (χ0v) is 20.5. The van der Waals surface area contributed by atoms with Crippen LogP contribution in [0.1, 0.15) is 38.3 Å². The zero-order valence-electron chi connectivity index (χ0n) is 18.9. The fraction of sp³-hybridized carbons (Fsp3) is 0.417. The monoisotopic (exact) mass is 478 g/mol. The normalized spacial score (nSPS) is 12.0. The Morgan fingerprint density at radius 2 is 1.81 bits per heavy atom. The smallest absolute Gasteiger partial charge is 0.408 e. The van der Waals surface area contributed by atoms with Gasteiger partial charge >= 0.3 is 6.09 Å². The van der Waals surface area contributed by atoms with Crippen molar-refractivity contribution in [2.75, 3.05) is 12.0 Å². The molecule has 6 nitrogen and oxygen atoms in total. The van der Waals surface area contributed by atoms with Gasteiger partial charge in [0.1, 0.15) is 24.0 Å². The summed E-state index contributed by atoms with van der Waals surface area (Å²) in [6.07, 6.45) is 1.83. The first-order chi connectivity index (χ1) is 15.2. The van der Waals surface area contributed by atoms with Crippen molar-refractivity contribution in [3.05, 3.63) is 64.7 Å². The van der Waals surface area contributed by atoms with E-state index in [4.69, 9.17) is 21.1 Å². The number of benzene rings is 2. The molecule has 2 aromatic rings. The van der Waals surface area contributed by atoms with Gasteiger partial charge in [-0.1, -0.05) is 41.9 Å². The maximum atomic E-state index is 12.7. The van der Waals surface area contributed by atoms with Crippen molar-refractivity contribution in [3.63, 3.8) is 0 Å². The van der Waals surface area contributed by atoms with E-state index in [1.165, 1.54) is 0 Å². The van der Waals surface area contributed by atoms with Crippen molar-refractivity contribution in [1.29, 1.82) is 0 Å². The third kappa shape index (κ3) is 9.83. The van der Waals surface area contributed by atoms with E-state index in [1.807, 2.05) is 42.7 Å². The number of thioether (sulfide) groups is 1. The van der Waals surface area contributed by atoms with Crippen molar-refractivity contribution < 1.29 is 19.1 Å². The quantitative estimate of drug-likeness (QED) is 0.492. The molecule has 2 aromatic carbocycles. The number of hydrogen-bond acceptors (Lipinski definition) is 5. The molecule has 8 heteroatoms. The van der Waals surface area contributed by atoms with Crippen molar-refractivity contribution in [2.24, 2.45) is 0 Å². The van der Waals surface area contributed by atoms with Crippen LogP contribution < -0.4 is 15.4 Å². The second-order valence-corrected chi connectivity index (χ2v) is 9.69. The molecule has 2 rings (SSSR count). The average Bonchev–Trinajstić information content (AvgIpc) is 2.72. The maximum absolute atomic E-state index is 12.7. The van der Waals surface area contributed by atoms with Crippen molar-refractivity contribution in [1.82, 2.24) is 10.6 Å². The molecule has 32 heavy (non-hydrogen) atoms. The molecule has 0 aliphatic carbocycles. The van der Waals surface area contributed by atoms with Gasteiger partial charge < -0.3 is 20.1 Å². The largest absolute Gasteiger partial charge is 0.489 e. The Morgan fingerprint density at radius 3 is 2.47 bits per heavy atom. The molecule has 0 aliphatic heterocycles. The lowest BCUT2D eigenvalue weighted by Gasteiger charge is -2.23. The third-order valence-electron chi connectivity index (χ3n) is 4.26. The number of hydrogen-bond donors (Lipinski definition) is 2. The molecule has 1 unspecified atom stereocenters. The van der Waals surface area contributed by atoms with Gasteiger partial charge in [0.2, 0.25) is 5.91 Å². The minimum absolute atomic E-state index is 0.257. The summed E-state index contributed by atoms with van der Waals surface area (Å²) in [7, 11) is 0. The molecular formula is C24H31ClN2O4S. The standard InChI is InChI=1S/C24H31ClN2O4S/c1-24(2,3)31-23(29)27-21(10-11-32-4)22(28)26-15-18-12-19(25)14-20(13-18)30-16-17-8-6-5-7-9-17/h5-9,12-14,21H,10-11,15-16H2,1-4H3,(H,26,28)(H,27,29). The Kier molecular flexibility index (Phi) is 10.2. The first-order valence-electron chi connectivity index (χ1n) is 10.4. The van der Waals surface area contributed by atoms with Gasteiger partial charge in [0.15, 0.2) is 0 Å². The molecule has 174 valence electrons. The molecule has 0 radical (unpaired) electrons. The summed E-state index contributed by atoms with van der Waals surface area (Å²) in [4.78, 5) is 24.9. The van der Waals surface area contributed by atoms with Crippen LogP contribution in [0.5, 0.6) is 5.75 Å². The number of rotatable bonds is 10. The first-order valence-corrected chi connectivity index (χ1v) is 12.2. The Bertz CT molecular complexity index is 887. The van der Waals surface area contributed by atoms with Crippen LogP contribution in [0.3, 0.4) is 0 Å². The SMILES string of the molecule is CSCCC(NC(=O)OC(C)(C)C)C(=O)NCc1cc(Cl)cc(OCc2ccccc2)c1. The van der Waals surface area contributed by atoms with Crippen LogP contribution in [0, 0.1) is 0 Å². The van der Waals surface area contributed by atoms with Gasteiger partial charge in [0, 0.05) is 11.6 Å². The van der Waals surface area contributed by atoms with E-state index >= 15 is 0 Å². The fourth-order valence-corrected chi connectivity index (χ4v) is 3.53. The van der Waals surface area contributed by atoms with Crippen LogP contribution >= 0.6 is 23.4 Å². The summed E-state index contributed by atoms with van der Waals surface area (Å²) in [6, 6.07) is 14.5. The highest BCUT2D eigenvalue weighted by molar-refractivity contribution is 7.98. The molecule has 2 amide bonds. The van der Waals surface area contributed by atoms with Crippen molar-refractivity contribution >= 4 is 35.4 Å². The number of carbonyl (C=O) groups is 2. The molecule has 0 aromatic heterocycles. The number of ether oxygens (including phenoxy) is 2. The Hall–Kier alpha value is -2.38. The molecular weight excluding hydrogens is 448 g/mol. The van der Waals surface area contributed by atoms with Gasteiger partial charge in [0.05, 0.1) is 0 Å². The number of nitrogens with one attached hydrogen (secondary N) is 2. The molecule has 0 spiro atoms. The van der Waals surface area contributed by atoms with E-state index in [-0.39, 0.29) is 12.5 Å². The van der Waals surface area contributed by atoms with Crippen LogP contribution in [0.4, 0.5) is 4.79 Å². The maximum Gasteiger partial charge on any atom is 0.408 e. The summed E-state index contributed by atoms with van der Waals surface area (Å²) >= 11 is 7.84. The fourth-order valence-electron chi connectivity index (χ4n) is 2.81. The van der Waals surface area contributed by atoms with E-state index in [1.54, 1.807) is 44.7 Å². The molecule has 2 N–H and O–H groups in total. The number of carbonyl (C=O) groups excluding carboxylic acids is 2. The van der Waals surface area contributed by atoms with Crippen LogP contribution in [0.15, 0.2) is 48.5 Å². The number of amides is 2. The summed E-state index contributed by atoms with van der Waals surface area (Å²) in [6.45, 7) is 6.01. The summed E-state index contributed by atoms with van der Waals surface area (Å²) < 4.78 is 11.1. The highest BCUT2D eigenvalue weighted by atomic mass is 35.5. The van der Waals surface area contributed by atoms with E-state index in [2.05, 4.69) is 10.6 Å². The van der Waals surface area contributed by atoms with E-state index in [9.17, 15) is 9.59 Å². The minimum Gasteiger partial charge on any atom is -0.489 e. The van der Waals surface area contributed by atoms with Gasteiger partial charge in [-0.05, 0) is 68.5 Å². The minimum atomic E-state index is -0.690. The Labute approximate surface area is 199 Å². The van der Waals surface area contributed by atoms with Gasteiger partial charge in [-0.2, -0.15) is 11.8 Å². The highest BCUT2D eigenvalue weighted by Gasteiger charge is 2.24. The predicted molar refractivity (Wildman–Crippen MR) is 130 cm³/mol. The third-order valence-corrected chi connectivity index (χ3v) is 5.13. The van der Waals surface area contributed by atoms with E-state index in [0.29, 0.717) is 23.8 Å². The van der Waals surface area contributed by atoms with E-state index in [0.717, 1.165) is 16.9 Å². The first kappa shape index (κ1) is 25.9. The number of halogens is 1. The van der Waals surface area contributed by atoms with Crippen LogP contribution in [-0.2, 0) is 22.7 Å². The lowest BCUT2D eigenvalue weighted by Crippen LogP contribution is -2.48. The summed E-state index contributed by atoms with van der Waals surface area (Å²) in [5.41, 5.74) is 1.21. The second kappa shape index (κ2) is 12.6. The molecule has 0 saturated heterocycles. The molecule has 0 aliphatic rings. The van der Waals surface area contributed by atoms with Gasteiger partial charge in [0.25, 0.3) is 0 Å². The lowest BCUT2D eigenvalue weighted by molar-refractivity contribution is -0.123. The second-order valence-electron chi connectivity index (χ2n) is 8.27. The molecule has 0 saturated carbocycles. The molecule has 0 bridgehead atoms. The topological polar surface area (TPSA) is 76.7 Å². The summed E-state index contributed by atoms with van der Waals surface area (Å²) in [5.74, 6) is 1.07. The van der Waals surface area contributed by atoms with Gasteiger partial charge in [-0.15, -0.1) is 0 Å². The van der Waals surface area contributed by atoms with Crippen LogP contribution in [-0.4, -0.2) is 35.7 Å². The Balaban J connectivity index is 1.97. The molecule has 0 fully saturated rings. The van der Waals surface area contributed by atoms with Crippen LogP contribution in [0.2, 0.25) is 5.02 Å². The highest BCUT2D eigenvalue weighted by Crippen LogP contribution is 2.22. The predicted octanol–water partition coefficient (Wildman–Crippen LogP) is 5.18. The van der Waals surface area contributed by atoms with Crippen molar-refractivity contribution in [2.45, 2.75) is 52.0 Å². The Morgan fingerprint density at radius 1 is 1.09 bits per heavy atom. The number of alkyl carbamates (subject to hydrolysis) is 1.